The third-order valence-corrected chi connectivity index (χ3v) is 2.91. The fourth-order valence-electron chi connectivity index (χ4n) is 2.08. The number of esters is 1. The number of fused-ring (bicyclic) bond motifs is 1. The van der Waals surface area contributed by atoms with E-state index in [1.165, 1.54) is 5.56 Å². The Morgan fingerprint density at radius 3 is 2.94 bits per heavy atom. The zero-order valence-electron chi connectivity index (χ0n) is 10.2. The molecule has 17 heavy (non-hydrogen) atoms. The first-order valence-electron chi connectivity index (χ1n) is 5.79. The van der Waals surface area contributed by atoms with Crippen molar-refractivity contribution in [3.63, 3.8) is 0 Å². The third-order valence-electron chi connectivity index (χ3n) is 2.91. The van der Waals surface area contributed by atoms with Crippen molar-refractivity contribution in [1.29, 1.82) is 0 Å². The summed E-state index contributed by atoms with van der Waals surface area (Å²) >= 11 is 0. The molecule has 3 nitrogen and oxygen atoms in total. The molecule has 0 bridgehead atoms. The van der Waals surface area contributed by atoms with Gasteiger partial charge in [0.25, 0.3) is 0 Å². The molecule has 0 N–H and O–H groups in total. The number of allylic oxidation sites excluding steroid dienone is 1. The van der Waals surface area contributed by atoms with Crippen molar-refractivity contribution in [2.45, 2.75) is 19.8 Å². The van der Waals surface area contributed by atoms with E-state index in [2.05, 4.69) is 6.07 Å². The highest BCUT2D eigenvalue weighted by Crippen LogP contribution is 2.34. The Hall–Kier alpha value is -1.77. The lowest BCUT2D eigenvalue weighted by molar-refractivity contribution is -0.137. The highest BCUT2D eigenvalue weighted by molar-refractivity contribution is 5.93. The summed E-state index contributed by atoms with van der Waals surface area (Å²) in [5.41, 5.74) is 3.41. The predicted molar refractivity (Wildman–Crippen MR) is 65.9 cm³/mol. The van der Waals surface area contributed by atoms with E-state index in [9.17, 15) is 4.79 Å². The van der Waals surface area contributed by atoms with Gasteiger partial charge >= 0.3 is 5.97 Å². The van der Waals surface area contributed by atoms with Crippen LogP contribution in [0, 0.1) is 0 Å². The van der Waals surface area contributed by atoms with Gasteiger partial charge < -0.3 is 9.47 Å². The Bertz CT molecular complexity index is 461. The van der Waals surface area contributed by atoms with E-state index in [0.29, 0.717) is 6.61 Å². The van der Waals surface area contributed by atoms with Crippen molar-refractivity contribution in [1.82, 2.24) is 0 Å². The monoisotopic (exact) mass is 232 g/mol. The van der Waals surface area contributed by atoms with Crippen LogP contribution in [0.3, 0.4) is 0 Å². The van der Waals surface area contributed by atoms with Gasteiger partial charge in [-0.2, -0.15) is 0 Å². The SMILES string of the molecule is CCOC(=O)C=C1CCc2ccc(OC)cc21. The van der Waals surface area contributed by atoms with Gasteiger partial charge in [-0.1, -0.05) is 6.07 Å². The second kappa shape index (κ2) is 5.04. The number of hydrogen-bond donors (Lipinski definition) is 0. The van der Waals surface area contributed by atoms with Crippen LogP contribution in [-0.2, 0) is 16.0 Å². The summed E-state index contributed by atoms with van der Waals surface area (Å²) in [4.78, 5) is 11.4. The van der Waals surface area contributed by atoms with Crippen LogP contribution < -0.4 is 4.74 Å². The van der Waals surface area contributed by atoms with E-state index in [1.807, 2.05) is 19.1 Å². The number of aryl methyl sites for hydroxylation is 1. The molecule has 0 saturated heterocycles. The standard InChI is InChI=1S/C14H16O3/c1-3-17-14(15)8-11-5-4-10-6-7-12(16-2)9-13(10)11/h6-9H,3-5H2,1-2H3. The van der Waals surface area contributed by atoms with Crippen LogP contribution in [0.15, 0.2) is 24.3 Å². The van der Waals surface area contributed by atoms with Crippen LogP contribution in [-0.4, -0.2) is 19.7 Å². The molecule has 0 fully saturated rings. The van der Waals surface area contributed by atoms with Crippen LogP contribution >= 0.6 is 0 Å². The minimum atomic E-state index is -0.266. The lowest BCUT2D eigenvalue weighted by Crippen LogP contribution is -2.00. The quantitative estimate of drug-likeness (QED) is 0.593. The first kappa shape index (κ1) is 11.7. The molecule has 0 radical (unpaired) electrons. The number of benzene rings is 1. The van der Waals surface area contributed by atoms with E-state index in [0.717, 1.165) is 29.7 Å². The molecular formula is C14H16O3. The largest absolute Gasteiger partial charge is 0.497 e. The van der Waals surface area contributed by atoms with Gasteiger partial charge in [-0.25, -0.2) is 4.79 Å². The Morgan fingerprint density at radius 1 is 1.41 bits per heavy atom. The molecule has 0 aliphatic heterocycles. The van der Waals surface area contributed by atoms with Crippen LogP contribution in [0.1, 0.15) is 24.5 Å². The molecule has 90 valence electrons. The minimum absolute atomic E-state index is 0.266. The molecule has 1 aromatic carbocycles. The summed E-state index contributed by atoms with van der Waals surface area (Å²) in [5, 5.41) is 0. The molecule has 0 heterocycles. The van der Waals surface area contributed by atoms with Gasteiger partial charge in [0.1, 0.15) is 5.75 Å². The number of carbonyl (C=O) groups is 1. The first-order chi connectivity index (χ1) is 8.24. The Labute approximate surface area is 101 Å². The maximum atomic E-state index is 11.4. The molecule has 1 aromatic rings. The lowest BCUT2D eigenvalue weighted by Gasteiger charge is -2.05. The van der Waals surface area contributed by atoms with Crippen molar-refractivity contribution in [2.75, 3.05) is 13.7 Å². The molecule has 0 aromatic heterocycles. The maximum absolute atomic E-state index is 11.4. The van der Waals surface area contributed by atoms with Gasteiger partial charge in [0.2, 0.25) is 0 Å². The van der Waals surface area contributed by atoms with Gasteiger partial charge in [0, 0.05) is 6.08 Å². The smallest absolute Gasteiger partial charge is 0.331 e. The van der Waals surface area contributed by atoms with Crippen molar-refractivity contribution in [3.8, 4) is 5.75 Å². The predicted octanol–water partition coefficient (Wildman–Crippen LogP) is 2.59. The number of ether oxygens (including phenoxy) is 2. The zero-order chi connectivity index (χ0) is 12.3. The summed E-state index contributed by atoms with van der Waals surface area (Å²) in [7, 11) is 1.64. The Balaban J connectivity index is 2.29. The summed E-state index contributed by atoms with van der Waals surface area (Å²) in [6.07, 6.45) is 3.46. The van der Waals surface area contributed by atoms with E-state index < -0.39 is 0 Å². The third kappa shape index (κ3) is 2.49. The lowest BCUT2D eigenvalue weighted by atomic mass is 10.1. The fraction of sp³-hybridized carbons (Fsp3) is 0.357. The zero-order valence-corrected chi connectivity index (χ0v) is 10.2. The van der Waals surface area contributed by atoms with E-state index in [1.54, 1.807) is 13.2 Å². The molecule has 1 aliphatic rings. The van der Waals surface area contributed by atoms with Crippen molar-refractivity contribution < 1.29 is 14.3 Å². The Kier molecular flexibility index (Phi) is 3.47. The molecule has 3 heteroatoms. The second-order valence-corrected chi connectivity index (χ2v) is 3.94. The summed E-state index contributed by atoms with van der Waals surface area (Å²) in [5.74, 6) is 0.554. The van der Waals surface area contributed by atoms with Gasteiger partial charge in [-0.3, -0.25) is 0 Å². The molecule has 0 atom stereocenters. The normalized spacial score (nSPS) is 15.8. The maximum Gasteiger partial charge on any atom is 0.331 e. The summed E-state index contributed by atoms with van der Waals surface area (Å²) in [6.45, 7) is 2.22. The topological polar surface area (TPSA) is 35.5 Å². The molecular weight excluding hydrogens is 216 g/mol. The van der Waals surface area contributed by atoms with E-state index in [-0.39, 0.29) is 5.97 Å². The van der Waals surface area contributed by atoms with Crippen LogP contribution in [0.25, 0.3) is 5.57 Å². The summed E-state index contributed by atoms with van der Waals surface area (Å²) in [6, 6.07) is 5.99. The van der Waals surface area contributed by atoms with Crippen LogP contribution in [0.2, 0.25) is 0 Å². The number of carbonyl (C=O) groups excluding carboxylic acids is 1. The van der Waals surface area contributed by atoms with Gasteiger partial charge in [0.15, 0.2) is 0 Å². The van der Waals surface area contributed by atoms with Crippen LogP contribution in [0.4, 0.5) is 0 Å². The highest BCUT2D eigenvalue weighted by atomic mass is 16.5. The van der Waals surface area contributed by atoms with E-state index >= 15 is 0 Å². The molecule has 1 aliphatic carbocycles. The molecule has 0 amide bonds. The highest BCUT2D eigenvalue weighted by Gasteiger charge is 2.18. The van der Waals surface area contributed by atoms with Crippen molar-refractivity contribution >= 4 is 11.5 Å². The van der Waals surface area contributed by atoms with Gasteiger partial charge in [-0.15, -0.1) is 0 Å². The van der Waals surface area contributed by atoms with Crippen molar-refractivity contribution in [2.24, 2.45) is 0 Å². The van der Waals surface area contributed by atoms with E-state index in [4.69, 9.17) is 9.47 Å². The molecule has 0 saturated carbocycles. The van der Waals surface area contributed by atoms with Gasteiger partial charge in [0.05, 0.1) is 13.7 Å². The fourth-order valence-corrected chi connectivity index (χ4v) is 2.08. The van der Waals surface area contributed by atoms with Crippen molar-refractivity contribution in [3.05, 3.63) is 35.4 Å². The average molecular weight is 232 g/mol. The molecule has 2 rings (SSSR count). The summed E-state index contributed by atoms with van der Waals surface area (Å²) < 4.78 is 10.1. The second-order valence-electron chi connectivity index (χ2n) is 3.94. The van der Waals surface area contributed by atoms with Crippen LogP contribution in [0.5, 0.6) is 5.75 Å². The minimum Gasteiger partial charge on any atom is -0.497 e. The first-order valence-corrected chi connectivity index (χ1v) is 5.79. The molecule has 0 unspecified atom stereocenters. The number of methoxy groups -OCH3 is 1. The average Bonchev–Trinajstić information content (AvgIpc) is 2.72. The number of rotatable bonds is 3. The van der Waals surface area contributed by atoms with Gasteiger partial charge in [-0.05, 0) is 48.6 Å². The Morgan fingerprint density at radius 2 is 2.24 bits per heavy atom. The number of hydrogen-bond acceptors (Lipinski definition) is 3. The molecule has 0 spiro atoms.